The predicted molar refractivity (Wildman–Crippen MR) is 87.8 cm³/mol. The van der Waals surface area contributed by atoms with E-state index in [4.69, 9.17) is 38.3 Å². The molecule has 0 aromatic rings. The Balaban J connectivity index is 0. The van der Waals surface area contributed by atoms with E-state index in [0.29, 0.717) is 79.3 Å². The van der Waals surface area contributed by atoms with Gasteiger partial charge in [0.15, 0.2) is 0 Å². The van der Waals surface area contributed by atoms with Crippen LogP contribution in [0.15, 0.2) is 0 Å². The summed E-state index contributed by atoms with van der Waals surface area (Å²) in [5.41, 5.74) is 0. The van der Waals surface area contributed by atoms with Crippen molar-refractivity contribution in [1.29, 1.82) is 0 Å². The Morgan fingerprint density at radius 3 is 1.07 bits per heavy atom. The first-order valence-corrected chi connectivity index (χ1v) is 8.62. The van der Waals surface area contributed by atoms with Crippen LogP contribution in [-0.2, 0) is 38.0 Å². The topological polar surface area (TPSA) is 125 Å². The molecule has 0 unspecified atom stereocenters. The third kappa shape index (κ3) is 28.5. The maximum Gasteiger partial charge on any atom is 1.00 e. The molecule has 0 heterocycles. The third-order valence-electron chi connectivity index (χ3n) is 2.69. The van der Waals surface area contributed by atoms with Gasteiger partial charge in [0.2, 0.25) is 0 Å². The number of carboxylic acid groups (broad SMARTS) is 1. The monoisotopic (exact) mass is 406 g/mol. The molecule has 0 saturated heterocycles. The van der Waals surface area contributed by atoms with Crippen molar-refractivity contribution in [3.63, 3.8) is 0 Å². The van der Waals surface area contributed by atoms with Crippen LogP contribution in [0.1, 0.15) is 0 Å². The number of aliphatic hydroxyl groups is 1. The first-order chi connectivity index (χ1) is 12.8. The molecule has 0 amide bonds. The first kappa shape index (κ1) is 29.4. The quantitative estimate of drug-likeness (QED) is 0.138. The number of carbonyl (C=O) groups is 1. The Hall–Kier alpha value is 0.150. The Labute approximate surface area is 182 Å². The second kappa shape index (κ2) is 26.1. The molecule has 0 aliphatic heterocycles. The Morgan fingerprint density at radius 1 is 0.556 bits per heavy atom. The van der Waals surface area contributed by atoms with Crippen molar-refractivity contribution in [3.8, 4) is 0 Å². The Kier molecular flexibility index (Phi) is 28.4. The first-order valence-electron chi connectivity index (χ1n) is 8.62. The summed E-state index contributed by atoms with van der Waals surface area (Å²) < 4.78 is 36.2. The van der Waals surface area contributed by atoms with Crippen molar-refractivity contribution in [2.45, 2.75) is 0 Å². The zero-order chi connectivity index (χ0) is 19.1. The molecule has 0 aromatic carbocycles. The van der Waals surface area contributed by atoms with Crippen LogP contribution in [0.3, 0.4) is 0 Å². The van der Waals surface area contributed by atoms with Gasteiger partial charge in [0.05, 0.1) is 105 Å². The maximum absolute atomic E-state index is 10.1. The second-order valence-electron chi connectivity index (χ2n) is 4.82. The maximum atomic E-state index is 10.1. The van der Waals surface area contributed by atoms with E-state index >= 15 is 0 Å². The molecule has 10 nitrogen and oxygen atoms in total. The average Bonchev–Trinajstić information content (AvgIpc) is 2.62. The summed E-state index contributed by atoms with van der Waals surface area (Å²) in [6.07, 6.45) is 0. The van der Waals surface area contributed by atoms with Gasteiger partial charge in [-0.15, -0.1) is 0 Å². The van der Waals surface area contributed by atoms with E-state index in [0.717, 1.165) is 0 Å². The summed E-state index contributed by atoms with van der Waals surface area (Å²) in [4.78, 5) is 10.1. The summed E-state index contributed by atoms with van der Waals surface area (Å²) in [5.74, 6) is -1.24. The van der Waals surface area contributed by atoms with Gasteiger partial charge in [-0.2, -0.15) is 0 Å². The van der Waals surface area contributed by atoms with Gasteiger partial charge in [-0.1, -0.05) is 0 Å². The minimum absolute atomic E-state index is 0. The van der Waals surface area contributed by atoms with Crippen LogP contribution in [0.2, 0.25) is 0 Å². The molecule has 0 rings (SSSR count). The number of ether oxygens (including phenoxy) is 7. The summed E-state index contributed by atoms with van der Waals surface area (Å²) in [5, 5.41) is 18.6. The fraction of sp³-hybridized carbons (Fsp3) is 0.938. The number of carboxylic acids is 1. The number of hydrogen-bond donors (Lipinski definition) is 1. The fourth-order valence-corrected chi connectivity index (χ4v) is 1.54. The molecule has 0 aliphatic rings. The van der Waals surface area contributed by atoms with Gasteiger partial charge < -0.3 is 48.2 Å². The van der Waals surface area contributed by atoms with E-state index in [1.807, 2.05) is 0 Å². The molecule has 0 fully saturated rings. The van der Waals surface area contributed by atoms with E-state index in [2.05, 4.69) is 0 Å². The van der Waals surface area contributed by atoms with Gasteiger partial charge in [-0.05, 0) is 0 Å². The second-order valence-corrected chi connectivity index (χ2v) is 4.82. The number of aliphatic carboxylic acids is 1. The Morgan fingerprint density at radius 2 is 0.815 bits per heavy atom. The number of aliphatic hydroxyl groups excluding tert-OH is 1. The minimum atomic E-state index is -1.24. The molecule has 156 valence electrons. The molecule has 11 heteroatoms. The minimum Gasteiger partial charge on any atom is -0.548 e. The van der Waals surface area contributed by atoms with E-state index in [9.17, 15) is 9.90 Å². The number of rotatable bonds is 22. The molecule has 0 atom stereocenters. The fourth-order valence-electron chi connectivity index (χ4n) is 1.54. The SMILES string of the molecule is O=C([O-])COCCOCCOCCOCCOCCOCCOCCO.[Na+]. The van der Waals surface area contributed by atoms with Crippen molar-refractivity contribution < 1.29 is 77.7 Å². The number of hydrogen-bond acceptors (Lipinski definition) is 10. The molecule has 0 aliphatic carbocycles. The molecule has 0 spiro atoms. The summed E-state index contributed by atoms with van der Waals surface area (Å²) in [6, 6.07) is 0. The van der Waals surface area contributed by atoms with Gasteiger partial charge in [0.1, 0.15) is 0 Å². The molecule has 1 N–H and O–H groups in total. The summed E-state index contributed by atoms with van der Waals surface area (Å²) >= 11 is 0. The summed E-state index contributed by atoms with van der Waals surface area (Å²) in [6.45, 7) is 5.10. The molecular weight excluding hydrogens is 375 g/mol. The van der Waals surface area contributed by atoms with Crippen molar-refractivity contribution in [1.82, 2.24) is 0 Å². The zero-order valence-corrected chi connectivity index (χ0v) is 18.2. The van der Waals surface area contributed by atoms with Crippen LogP contribution >= 0.6 is 0 Å². The van der Waals surface area contributed by atoms with Crippen LogP contribution in [0.5, 0.6) is 0 Å². The van der Waals surface area contributed by atoms with E-state index in [1.54, 1.807) is 0 Å². The molecule has 0 radical (unpaired) electrons. The van der Waals surface area contributed by atoms with Crippen LogP contribution < -0.4 is 34.7 Å². The normalized spacial score (nSPS) is 10.7. The largest absolute Gasteiger partial charge is 1.00 e. The van der Waals surface area contributed by atoms with E-state index in [1.165, 1.54) is 0 Å². The van der Waals surface area contributed by atoms with E-state index in [-0.39, 0.29) is 42.8 Å². The van der Waals surface area contributed by atoms with Gasteiger partial charge in [0.25, 0.3) is 0 Å². The van der Waals surface area contributed by atoms with Crippen LogP contribution in [0.4, 0.5) is 0 Å². The van der Waals surface area contributed by atoms with Crippen molar-refractivity contribution in [3.05, 3.63) is 0 Å². The van der Waals surface area contributed by atoms with Crippen molar-refractivity contribution >= 4 is 5.97 Å². The smallest absolute Gasteiger partial charge is 0.548 e. The molecular formula is C16H31NaO10. The molecule has 0 aromatic heterocycles. The average molecular weight is 406 g/mol. The van der Waals surface area contributed by atoms with E-state index < -0.39 is 12.6 Å². The Bertz CT molecular complexity index is 296. The van der Waals surface area contributed by atoms with Crippen LogP contribution in [0, 0.1) is 0 Å². The number of carbonyl (C=O) groups excluding carboxylic acids is 1. The summed E-state index contributed by atoms with van der Waals surface area (Å²) in [7, 11) is 0. The van der Waals surface area contributed by atoms with Gasteiger partial charge in [-0.3, -0.25) is 0 Å². The molecule has 0 bridgehead atoms. The van der Waals surface area contributed by atoms with Crippen LogP contribution in [0.25, 0.3) is 0 Å². The van der Waals surface area contributed by atoms with Gasteiger partial charge in [-0.25, -0.2) is 0 Å². The standard InChI is InChI=1S/C16H32O10.Na/c17-1-2-20-3-4-21-5-6-22-7-8-23-9-10-24-11-12-25-13-14-26-15-16(18)19;/h17H,1-15H2,(H,18,19);/q;+1/p-1. The van der Waals surface area contributed by atoms with Crippen molar-refractivity contribution in [2.24, 2.45) is 0 Å². The predicted octanol–water partition coefficient (Wildman–Crippen LogP) is -5.15. The zero-order valence-electron chi connectivity index (χ0n) is 16.2. The van der Waals surface area contributed by atoms with Gasteiger partial charge >= 0.3 is 29.6 Å². The van der Waals surface area contributed by atoms with Crippen LogP contribution in [-0.4, -0.2) is 110 Å². The molecule has 27 heavy (non-hydrogen) atoms. The third-order valence-corrected chi connectivity index (χ3v) is 2.69. The molecule has 0 saturated carbocycles. The van der Waals surface area contributed by atoms with Gasteiger partial charge in [0, 0.05) is 0 Å². The van der Waals surface area contributed by atoms with Crippen molar-refractivity contribution in [2.75, 3.05) is 99.1 Å².